The highest BCUT2D eigenvalue weighted by molar-refractivity contribution is 6.34. The molecule has 5 aromatic rings. The molecule has 4 N–H and O–H groups in total. The smallest absolute Gasteiger partial charge is 0.407 e. The lowest BCUT2D eigenvalue weighted by atomic mass is 9.99. The number of carbonyl (C=O) groups is 4. The Hall–Kier alpha value is -5.63. The predicted molar refractivity (Wildman–Crippen MR) is 224 cm³/mol. The van der Waals surface area contributed by atoms with Gasteiger partial charge in [0.2, 0.25) is 11.8 Å². The Labute approximate surface area is 343 Å². The van der Waals surface area contributed by atoms with Crippen molar-refractivity contribution in [3.8, 4) is 22.4 Å². The number of H-pyrrole nitrogens is 2. The highest BCUT2D eigenvalue weighted by atomic mass is 35.5. The van der Waals surface area contributed by atoms with Crippen molar-refractivity contribution < 1.29 is 28.7 Å². The van der Waals surface area contributed by atoms with Crippen LogP contribution in [0.3, 0.4) is 0 Å². The van der Waals surface area contributed by atoms with E-state index in [2.05, 4.69) is 44.9 Å². The summed E-state index contributed by atoms with van der Waals surface area (Å²) in [4.78, 5) is 71.5. The number of nitrogens with zero attached hydrogens (tertiary/aromatic N) is 4. The number of ether oxygens (including phenoxy) is 2. The van der Waals surface area contributed by atoms with E-state index in [1.165, 1.54) is 14.2 Å². The lowest BCUT2D eigenvalue weighted by molar-refractivity contribution is -0.137. The molecule has 2 aromatic heterocycles. The van der Waals surface area contributed by atoms with E-state index in [0.29, 0.717) is 35.3 Å². The summed E-state index contributed by atoms with van der Waals surface area (Å²) >= 11 is 6.91. The molecule has 308 valence electrons. The molecule has 3 heterocycles. The second kappa shape index (κ2) is 17.9. The number of likely N-dealkylation sites (tertiary alicyclic amines) is 1. The van der Waals surface area contributed by atoms with Gasteiger partial charge in [0.1, 0.15) is 23.7 Å². The molecule has 0 spiro atoms. The number of imidazole rings is 2. The standard InChI is InChI=1S/C43H53ClN8O6/c1-9-16-51(40(53)36(23(2)3)49-42(55)57-7)25(6)38-46-32-20-30(31(44)21-33(32)47-38)28-14-12-27-19-29(15-13-26(27)18-28)34-22-45-39(48-34)35-11-10-17-52(35)41(54)37(24(4)5)50-43(56)58-8/h12-15,18-25,35-37H,9-11,16-17H2,1-8H3,(H,45,48)(H,46,47)(H,49,55)(H,50,56)/t25?,35-,36-,37-/m0/s1. The molecule has 4 amide bonds. The second-order valence-electron chi connectivity index (χ2n) is 15.5. The summed E-state index contributed by atoms with van der Waals surface area (Å²) in [6.07, 6.45) is 2.90. The number of halogens is 1. The zero-order chi connectivity index (χ0) is 41.8. The number of aromatic amines is 2. The summed E-state index contributed by atoms with van der Waals surface area (Å²) in [6.45, 7) is 12.5. The minimum atomic E-state index is -0.755. The Morgan fingerprint density at radius 2 is 1.53 bits per heavy atom. The van der Waals surface area contributed by atoms with Gasteiger partial charge >= 0.3 is 12.2 Å². The zero-order valence-electron chi connectivity index (χ0n) is 34.3. The summed E-state index contributed by atoms with van der Waals surface area (Å²) in [5, 5.41) is 7.98. The zero-order valence-corrected chi connectivity index (χ0v) is 35.1. The molecule has 1 saturated heterocycles. The number of alkyl carbamates (subject to hydrolysis) is 2. The number of hydrogen-bond donors (Lipinski definition) is 4. The monoisotopic (exact) mass is 812 g/mol. The molecule has 14 nitrogen and oxygen atoms in total. The van der Waals surface area contributed by atoms with Crippen LogP contribution in [0.15, 0.2) is 54.7 Å². The molecule has 0 radical (unpaired) electrons. The maximum Gasteiger partial charge on any atom is 0.407 e. The third-order valence-corrected chi connectivity index (χ3v) is 11.2. The Bertz CT molecular complexity index is 2300. The van der Waals surface area contributed by atoms with E-state index in [4.69, 9.17) is 31.0 Å². The molecule has 58 heavy (non-hydrogen) atoms. The first-order chi connectivity index (χ1) is 27.7. The van der Waals surface area contributed by atoms with E-state index in [0.717, 1.165) is 57.9 Å². The van der Waals surface area contributed by atoms with Gasteiger partial charge in [0.15, 0.2) is 0 Å². The number of methoxy groups -OCH3 is 2. The Balaban J connectivity index is 1.21. The number of hydrogen-bond acceptors (Lipinski definition) is 8. The molecule has 15 heteroatoms. The van der Waals surface area contributed by atoms with Crippen molar-refractivity contribution in [1.82, 2.24) is 40.4 Å². The van der Waals surface area contributed by atoms with Crippen LogP contribution in [-0.2, 0) is 19.1 Å². The highest BCUT2D eigenvalue weighted by Crippen LogP contribution is 2.36. The lowest BCUT2D eigenvalue weighted by Crippen LogP contribution is -2.52. The molecule has 0 bridgehead atoms. The minimum absolute atomic E-state index is 0.118. The number of rotatable bonds is 13. The normalized spacial score (nSPS) is 15.8. The first-order valence-electron chi connectivity index (χ1n) is 19.8. The lowest BCUT2D eigenvalue weighted by Gasteiger charge is -2.32. The first-order valence-corrected chi connectivity index (χ1v) is 20.2. The van der Waals surface area contributed by atoms with Crippen molar-refractivity contribution in [2.24, 2.45) is 11.8 Å². The van der Waals surface area contributed by atoms with Crippen LogP contribution in [0.1, 0.15) is 84.5 Å². The largest absolute Gasteiger partial charge is 0.453 e. The number of fused-ring (bicyclic) bond motifs is 2. The topological polar surface area (TPSA) is 175 Å². The van der Waals surface area contributed by atoms with Crippen LogP contribution >= 0.6 is 11.6 Å². The number of benzene rings is 3. The van der Waals surface area contributed by atoms with Gasteiger partial charge in [-0.2, -0.15) is 0 Å². The average molecular weight is 813 g/mol. The van der Waals surface area contributed by atoms with Gasteiger partial charge in [-0.05, 0) is 78.6 Å². The van der Waals surface area contributed by atoms with Crippen molar-refractivity contribution in [2.75, 3.05) is 27.3 Å². The van der Waals surface area contributed by atoms with Crippen LogP contribution in [0, 0.1) is 11.8 Å². The predicted octanol–water partition coefficient (Wildman–Crippen LogP) is 8.15. The number of amides is 4. The van der Waals surface area contributed by atoms with Crippen molar-refractivity contribution in [3.63, 3.8) is 0 Å². The summed E-state index contributed by atoms with van der Waals surface area (Å²) in [6, 6.07) is 14.1. The fourth-order valence-corrected chi connectivity index (χ4v) is 7.92. The van der Waals surface area contributed by atoms with Gasteiger partial charge in [-0.3, -0.25) is 9.59 Å². The maximum atomic E-state index is 13.8. The van der Waals surface area contributed by atoms with Crippen LogP contribution in [0.5, 0.6) is 0 Å². The number of nitrogens with one attached hydrogen (secondary N) is 4. The molecular formula is C43H53ClN8O6. The Morgan fingerprint density at radius 3 is 2.17 bits per heavy atom. The summed E-state index contributed by atoms with van der Waals surface area (Å²) in [5.41, 5.74) is 4.91. The van der Waals surface area contributed by atoms with Gasteiger partial charge in [-0.1, -0.05) is 70.5 Å². The molecule has 4 atom stereocenters. The fraction of sp³-hybridized carbons (Fsp3) is 0.442. The summed E-state index contributed by atoms with van der Waals surface area (Å²) < 4.78 is 9.55. The number of aromatic nitrogens is 4. The van der Waals surface area contributed by atoms with E-state index in [-0.39, 0.29) is 29.7 Å². The summed E-state index contributed by atoms with van der Waals surface area (Å²) in [5.74, 6) is 0.683. The first kappa shape index (κ1) is 42.0. The molecule has 3 aromatic carbocycles. The summed E-state index contributed by atoms with van der Waals surface area (Å²) in [7, 11) is 2.56. The molecular weight excluding hydrogens is 760 g/mol. The van der Waals surface area contributed by atoms with E-state index < -0.39 is 30.3 Å². The van der Waals surface area contributed by atoms with Gasteiger partial charge in [0.25, 0.3) is 0 Å². The van der Waals surface area contributed by atoms with Crippen molar-refractivity contribution in [3.05, 3.63) is 71.4 Å². The maximum absolute atomic E-state index is 13.8. The molecule has 0 saturated carbocycles. The van der Waals surface area contributed by atoms with E-state index in [1.807, 2.05) is 72.0 Å². The van der Waals surface area contributed by atoms with Gasteiger partial charge in [0.05, 0.1) is 48.1 Å². The Morgan fingerprint density at radius 1 is 0.897 bits per heavy atom. The quantitative estimate of drug-likeness (QED) is 0.0922. The van der Waals surface area contributed by atoms with Gasteiger partial charge in [-0.25, -0.2) is 19.6 Å². The van der Waals surface area contributed by atoms with Crippen molar-refractivity contribution in [2.45, 2.75) is 85.0 Å². The molecule has 6 rings (SSSR count). The van der Waals surface area contributed by atoms with Crippen LogP contribution in [0.4, 0.5) is 9.59 Å². The molecule has 1 unspecified atom stereocenters. The van der Waals surface area contributed by atoms with E-state index in [1.54, 1.807) is 9.80 Å². The SMILES string of the molecule is CCCN(C(=O)[C@@H](NC(=O)OC)C(C)C)C(C)c1nc2cc(-c3ccc4cc(-c5c[nH]c([C@@H]6CCCN6C(=O)[C@@H](NC(=O)OC)C(C)C)n5)ccc4c3)c(Cl)cc2[nH]1. The highest BCUT2D eigenvalue weighted by Gasteiger charge is 2.38. The van der Waals surface area contributed by atoms with Crippen LogP contribution < -0.4 is 10.6 Å². The molecule has 0 aliphatic carbocycles. The van der Waals surface area contributed by atoms with Crippen LogP contribution in [0.2, 0.25) is 5.02 Å². The molecule has 1 fully saturated rings. The third kappa shape index (κ3) is 8.76. The van der Waals surface area contributed by atoms with E-state index in [9.17, 15) is 19.2 Å². The van der Waals surface area contributed by atoms with Crippen molar-refractivity contribution >= 4 is 57.4 Å². The minimum Gasteiger partial charge on any atom is -0.453 e. The van der Waals surface area contributed by atoms with Crippen LogP contribution in [0.25, 0.3) is 44.2 Å². The van der Waals surface area contributed by atoms with Crippen LogP contribution in [-0.4, -0.2) is 93.1 Å². The number of carbonyl (C=O) groups excluding carboxylic acids is 4. The van der Waals surface area contributed by atoms with E-state index >= 15 is 0 Å². The van der Waals surface area contributed by atoms with Crippen molar-refractivity contribution in [1.29, 1.82) is 0 Å². The Kier molecular flexibility index (Phi) is 12.9. The fourth-order valence-electron chi connectivity index (χ4n) is 7.65. The molecule has 1 aliphatic heterocycles. The third-order valence-electron chi connectivity index (χ3n) is 10.9. The second-order valence-corrected chi connectivity index (χ2v) is 15.9. The molecule has 1 aliphatic rings. The van der Waals surface area contributed by atoms with Gasteiger partial charge in [0, 0.05) is 30.4 Å². The van der Waals surface area contributed by atoms with Gasteiger partial charge in [-0.15, -0.1) is 0 Å². The van der Waals surface area contributed by atoms with Gasteiger partial charge < -0.3 is 39.9 Å². The average Bonchev–Trinajstić information content (AvgIpc) is 3.99.